The molecule has 0 atom stereocenters. The molecule has 0 N–H and O–H groups in total. The monoisotopic (exact) mass is 425 g/mol. The molecule has 0 aliphatic carbocycles. The molecule has 0 fully saturated rings. The smallest absolute Gasteiger partial charge is 0.164 e. The van der Waals surface area contributed by atoms with Crippen LogP contribution in [0.15, 0.2) is 84.9 Å². The molecule has 5 aromatic rings. The number of nitrogens with zero attached hydrogens (tertiary/aromatic N) is 3. The highest BCUT2D eigenvalue weighted by Crippen LogP contribution is 2.37. The van der Waals surface area contributed by atoms with Crippen LogP contribution >= 0.6 is 11.6 Å². The highest BCUT2D eigenvalue weighted by atomic mass is 35.5. The maximum Gasteiger partial charge on any atom is 0.164 e. The quantitative estimate of drug-likeness (QED) is 0.320. The predicted molar refractivity (Wildman–Crippen MR) is 126 cm³/mol. The van der Waals surface area contributed by atoms with Gasteiger partial charge in [0.2, 0.25) is 0 Å². The molecule has 0 unspecified atom stereocenters. The molecule has 3 aromatic carbocycles. The maximum atomic E-state index is 6.53. The van der Waals surface area contributed by atoms with Crippen molar-refractivity contribution in [3.8, 4) is 33.8 Å². The van der Waals surface area contributed by atoms with Crippen LogP contribution in [0.4, 0.5) is 0 Å². The van der Waals surface area contributed by atoms with Crippen molar-refractivity contribution in [2.24, 2.45) is 0 Å². The Morgan fingerprint density at radius 2 is 1.55 bits per heavy atom. The Kier molecular flexibility index (Phi) is 4.92. The first-order valence-corrected chi connectivity index (χ1v) is 10.4. The van der Waals surface area contributed by atoms with E-state index in [9.17, 15) is 0 Å². The summed E-state index contributed by atoms with van der Waals surface area (Å²) in [7, 11) is 1.67. The van der Waals surface area contributed by atoms with E-state index in [4.69, 9.17) is 26.4 Å². The maximum absolute atomic E-state index is 6.53. The minimum atomic E-state index is 0.664. The molecule has 0 saturated heterocycles. The van der Waals surface area contributed by atoms with Gasteiger partial charge in [-0.25, -0.2) is 9.67 Å². The van der Waals surface area contributed by atoms with Crippen molar-refractivity contribution in [1.82, 2.24) is 14.8 Å². The molecular weight excluding hydrogens is 406 g/mol. The van der Waals surface area contributed by atoms with E-state index in [0.29, 0.717) is 5.02 Å². The molecule has 0 bridgehead atoms. The van der Waals surface area contributed by atoms with Crippen molar-refractivity contribution >= 4 is 22.6 Å². The molecule has 0 aliphatic rings. The number of hydrogen-bond donors (Lipinski definition) is 0. The molecule has 2 aromatic heterocycles. The topological polar surface area (TPSA) is 39.9 Å². The fraction of sp³-hybridized carbons (Fsp3) is 0.0769. The van der Waals surface area contributed by atoms with Crippen LogP contribution in [0, 0.1) is 6.92 Å². The van der Waals surface area contributed by atoms with Gasteiger partial charge in [0.05, 0.1) is 29.6 Å². The SMILES string of the molecule is COc1ccc(-c2cc(-c3ccccc3Cl)nc3c2c(C)nn3-c2ccccc2)cc1. The number of aryl methyl sites for hydroxylation is 1. The van der Waals surface area contributed by atoms with E-state index in [2.05, 4.69) is 18.2 Å². The van der Waals surface area contributed by atoms with E-state index in [-0.39, 0.29) is 0 Å². The summed E-state index contributed by atoms with van der Waals surface area (Å²) in [5.74, 6) is 0.817. The lowest BCUT2D eigenvalue weighted by molar-refractivity contribution is 0.415. The largest absolute Gasteiger partial charge is 0.497 e. The minimum Gasteiger partial charge on any atom is -0.497 e. The highest BCUT2D eigenvalue weighted by molar-refractivity contribution is 6.33. The van der Waals surface area contributed by atoms with E-state index >= 15 is 0 Å². The fourth-order valence-electron chi connectivity index (χ4n) is 3.84. The van der Waals surface area contributed by atoms with Gasteiger partial charge in [-0.2, -0.15) is 5.10 Å². The Labute approximate surface area is 185 Å². The van der Waals surface area contributed by atoms with E-state index in [0.717, 1.165) is 50.5 Å². The lowest BCUT2D eigenvalue weighted by atomic mass is 9.99. The molecule has 31 heavy (non-hydrogen) atoms. The number of ether oxygens (including phenoxy) is 1. The van der Waals surface area contributed by atoms with E-state index < -0.39 is 0 Å². The van der Waals surface area contributed by atoms with Gasteiger partial charge in [-0.15, -0.1) is 0 Å². The van der Waals surface area contributed by atoms with Crippen molar-refractivity contribution in [3.05, 3.63) is 95.6 Å². The minimum absolute atomic E-state index is 0.664. The van der Waals surface area contributed by atoms with Gasteiger partial charge in [0.1, 0.15) is 5.75 Å². The van der Waals surface area contributed by atoms with Gasteiger partial charge >= 0.3 is 0 Å². The Hall–Kier alpha value is -3.63. The van der Waals surface area contributed by atoms with Crippen molar-refractivity contribution in [3.63, 3.8) is 0 Å². The van der Waals surface area contributed by atoms with Crippen LogP contribution in [0.5, 0.6) is 5.75 Å². The zero-order valence-corrected chi connectivity index (χ0v) is 18.0. The average molecular weight is 426 g/mol. The first-order chi connectivity index (χ1) is 15.2. The van der Waals surface area contributed by atoms with Gasteiger partial charge in [-0.1, -0.05) is 60.1 Å². The first kappa shape index (κ1) is 19.3. The van der Waals surface area contributed by atoms with Crippen LogP contribution in [0.2, 0.25) is 5.02 Å². The van der Waals surface area contributed by atoms with Gasteiger partial charge in [-0.3, -0.25) is 0 Å². The summed E-state index contributed by atoms with van der Waals surface area (Å²) < 4.78 is 7.24. The van der Waals surface area contributed by atoms with E-state index in [1.165, 1.54) is 0 Å². The summed E-state index contributed by atoms with van der Waals surface area (Å²) in [5.41, 5.74) is 6.50. The number of hydrogen-bond acceptors (Lipinski definition) is 3. The molecule has 4 nitrogen and oxygen atoms in total. The highest BCUT2D eigenvalue weighted by Gasteiger charge is 2.18. The third-order valence-corrected chi connectivity index (χ3v) is 5.69. The Balaban J connectivity index is 1.84. The Morgan fingerprint density at radius 1 is 0.839 bits per heavy atom. The number of benzene rings is 3. The second-order valence-corrected chi connectivity index (χ2v) is 7.70. The molecule has 152 valence electrons. The Morgan fingerprint density at radius 3 is 2.26 bits per heavy atom. The molecule has 5 rings (SSSR count). The normalized spacial score (nSPS) is 11.1. The van der Waals surface area contributed by atoms with Crippen LogP contribution in [0.1, 0.15) is 5.69 Å². The van der Waals surface area contributed by atoms with Gasteiger partial charge in [-0.05, 0) is 54.4 Å². The lowest BCUT2D eigenvalue weighted by Crippen LogP contribution is -1.99. The third kappa shape index (κ3) is 3.45. The first-order valence-electron chi connectivity index (χ1n) is 10.0. The van der Waals surface area contributed by atoms with Crippen LogP contribution in [-0.2, 0) is 0 Å². The zero-order valence-electron chi connectivity index (χ0n) is 17.2. The zero-order chi connectivity index (χ0) is 21.4. The van der Waals surface area contributed by atoms with Gasteiger partial charge < -0.3 is 4.74 Å². The molecule has 0 radical (unpaired) electrons. The van der Waals surface area contributed by atoms with E-state index in [1.807, 2.05) is 78.3 Å². The number of pyridine rings is 1. The number of para-hydroxylation sites is 1. The standard InChI is InChI=1S/C26H20ClN3O/c1-17-25-22(18-12-14-20(31-2)15-13-18)16-24(21-10-6-7-11-23(21)27)28-26(25)30(29-17)19-8-4-3-5-9-19/h3-16H,1-2H3. The van der Waals surface area contributed by atoms with Crippen molar-refractivity contribution in [1.29, 1.82) is 0 Å². The average Bonchev–Trinajstić information content (AvgIpc) is 3.16. The number of aromatic nitrogens is 3. The second kappa shape index (κ2) is 7.89. The second-order valence-electron chi connectivity index (χ2n) is 7.29. The van der Waals surface area contributed by atoms with Crippen LogP contribution < -0.4 is 4.74 Å². The summed E-state index contributed by atoms with van der Waals surface area (Å²) in [6.45, 7) is 2.02. The Bertz CT molecular complexity index is 1380. The summed E-state index contributed by atoms with van der Waals surface area (Å²) in [6.07, 6.45) is 0. The fourth-order valence-corrected chi connectivity index (χ4v) is 4.08. The lowest BCUT2D eigenvalue weighted by Gasteiger charge is -2.11. The molecule has 2 heterocycles. The van der Waals surface area contributed by atoms with Crippen LogP contribution in [0.25, 0.3) is 39.1 Å². The number of rotatable bonds is 4. The van der Waals surface area contributed by atoms with Crippen LogP contribution in [-0.4, -0.2) is 21.9 Å². The van der Waals surface area contributed by atoms with E-state index in [1.54, 1.807) is 7.11 Å². The molecule has 5 heteroatoms. The van der Waals surface area contributed by atoms with Crippen molar-refractivity contribution in [2.45, 2.75) is 6.92 Å². The number of methoxy groups -OCH3 is 1. The summed E-state index contributed by atoms with van der Waals surface area (Å²) in [6, 6.07) is 28.0. The predicted octanol–water partition coefficient (Wildman–Crippen LogP) is 6.72. The summed E-state index contributed by atoms with van der Waals surface area (Å²) >= 11 is 6.53. The van der Waals surface area contributed by atoms with Crippen LogP contribution in [0.3, 0.4) is 0 Å². The molecule has 0 spiro atoms. The van der Waals surface area contributed by atoms with Crippen molar-refractivity contribution in [2.75, 3.05) is 7.11 Å². The molecule has 0 aliphatic heterocycles. The van der Waals surface area contributed by atoms with Crippen molar-refractivity contribution < 1.29 is 4.74 Å². The number of fused-ring (bicyclic) bond motifs is 1. The van der Waals surface area contributed by atoms with Gasteiger partial charge in [0, 0.05) is 10.6 Å². The number of halogens is 1. The van der Waals surface area contributed by atoms with Gasteiger partial charge in [0.15, 0.2) is 5.65 Å². The van der Waals surface area contributed by atoms with Gasteiger partial charge in [0.25, 0.3) is 0 Å². The summed E-state index contributed by atoms with van der Waals surface area (Å²) in [4.78, 5) is 5.01. The molecular formula is C26H20ClN3O. The summed E-state index contributed by atoms with van der Waals surface area (Å²) in [5, 5.41) is 6.52. The molecule has 0 saturated carbocycles. The third-order valence-electron chi connectivity index (χ3n) is 5.36. The molecule has 0 amide bonds.